The van der Waals surface area contributed by atoms with Crippen LogP contribution in [0.1, 0.15) is 19.8 Å². The highest BCUT2D eigenvalue weighted by Crippen LogP contribution is 2.54. The van der Waals surface area contributed by atoms with E-state index in [4.69, 9.17) is 5.11 Å². The number of carbonyl (C=O) groups is 1. The fourth-order valence-corrected chi connectivity index (χ4v) is 1.26. The molecule has 2 atom stereocenters. The SMILES string of the molecule is C=CC[C@@H]1C[C@@]1(C)C(=O)O. The van der Waals surface area contributed by atoms with Crippen LogP contribution in [-0.2, 0) is 4.79 Å². The number of hydrogen-bond acceptors (Lipinski definition) is 1. The first-order chi connectivity index (χ1) is 4.61. The van der Waals surface area contributed by atoms with E-state index in [-0.39, 0.29) is 0 Å². The zero-order chi connectivity index (χ0) is 7.78. The van der Waals surface area contributed by atoms with Gasteiger partial charge in [-0.3, -0.25) is 4.79 Å². The van der Waals surface area contributed by atoms with E-state index >= 15 is 0 Å². The van der Waals surface area contributed by atoms with Crippen molar-refractivity contribution in [2.24, 2.45) is 11.3 Å². The Morgan fingerprint density at radius 2 is 2.60 bits per heavy atom. The van der Waals surface area contributed by atoms with Crippen LogP contribution in [0.4, 0.5) is 0 Å². The zero-order valence-corrected chi connectivity index (χ0v) is 6.13. The Bertz CT molecular complexity index is 174. The molecule has 56 valence electrons. The van der Waals surface area contributed by atoms with E-state index in [9.17, 15) is 4.79 Å². The molecule has 0 amide bonds. The molecule has 0 aliphatic heterocycles. The number of hydrogen-bond donors (Lipinski definition) is 1. The first-order valence-corrected chi connectivity index (χ1v) is 3.45. The van der Waals surface area contributed by atoms with Gasteiger partial charge in [-0.2, -0.15) is 0 Å². The zero-order valence-electron chi connectivity index (χ0n) is 6.13. The summed E-state index contributed by atoms with van der Waals surface area (Å²) in [5.41, 5.74) is -0.436. The molecule has 1 fully saturated rings. The van der Waals surface area contributed by atoms with Crippen LogP contribution in [0.2, 0.25) is 0 Å². The Labute approximate surface area is 60.6 Å². The molecule has 1 aliphatic carbocycles. The van der Waals surface area contributed by atoms with Gasteiger partial charge in [0.1, 0.15) is 0 Å². The Morgan fingerprint density at radius 1 is 2.00 bits per heavy atom. The maximum Gasteiger partial charge on any atom is 0.309 e. The molecule has 10 heavy (non-hydrogen) atoms. The summed E-state index contributed by atoms with van der Waals surface area (Å²) in [5, 5.41) is 8.68. The lowest BCUT2D eigenvalue weighted by atomic mass is 10.1. The van der Waals surface area contributed by atoms with Gasteiger partial charge in [-0.15, -0.1) is 6.58 Å². The van der Waals surface area contributed by atoms with Crippen LogP contribution in [0.25, 0.3) is 0 Å². The minimum atomic E-state index is -0.667. The van der Waals surface area contributed by atoms with Crippen molar-refractivity contribution in [1.82, 2.24) is 0 Å². The van der Waals surface area contributed by atoms with Crippen molar-refractivity contribution < 1.29 is 9.90 Å². The minimum absolute atomic E-state index is 0.336. The van der Waals surface area contributed by atoms with Crippen molar-refractivity contribution in [1.29, 1.82) is 0 Å². The van der Waals surface area contributed by atoms with Gasteiger partial charge >= 0.3 is 5.97 Å². The van der Waals surface area contributed by atoms with Crippen molar-refractivity contribution in [3.8, 4) is 0 Å². The second-order valence-corrected chi connectivity index (χ2v) is 3.15. The fourth-order valence-electron chi connectivity index (χ4n) is 1.26. The van der Waals surface area contributed by atoms with E-state index in [0.29, 0.717) is 5.92 Å². The molecule has 0 spiro atoms. The molecule has 0 heterocycles. The smallest absolute Gasteiger partial charge is 0.309 e. The lowest BCUT2D eigenvalue weighted by Gasteiger charge is -2.00. The first-order valence-electron chi connectivity index (χ1n) is 3.45. The predicted molar refractivity (Wildman–Crippen MR) is 38.7 cm³/mol. The van der Waals surface area contributed by atoms with Gasteiger partial charge < -0.3 is 5.11 Å². The summed E-state index contributed by atoms with van der Waals surface area (Å²) in [6.07, 6.45) is 3.44. The number of rotatable bonds is 3. The second-order valence-electron chi connectivity index (χ2n) is 3.15. The molecular weight excluding hydrogens is 128 g/mol. The molecule has 0 aromatic rings. The Hall–Kier alpha value is -0.790. The van der Waals surface area contributed by atoms with Crippen LogP contribution < -0.4 is 0 Å². The predicted octanol–water partition coefficient (Wildman–Crippen LogP) is 1.67. The molecule has 0 aromatic carbocycles. The summed E-state index contributed by atoms with van der Waals surface area (Å²) in [6.45, 7) is 5.37. The van der Waals surface area contributed by atoms with Gasteiger partial charge in [-0.1, -0.05) is 6.08 Å². The normalized spacial score (nSPS) is 37.1. The van der Waals surface area contributed by atoms with E-state index < -0.39 is 11.4 Å². The summed E-state index contributed by atoms with van der Waals surface area (Å²) in [7, 11) is 0. The molecule has 1 aliphatic rings. The minimum Gasteiger partial charge on any atom is -0.481 e. The van der Waals surface area contributed by atoms with Crippen LogP contribution in [0.3, 0.4) is 0 Å². The lowest BCUT2D eigenvalue weighted by molar-refractivity contribution is -0.143. The van der Waals surface area contributed by atoms with Crippen molar-refractivity contribution in [2.45, 2.75) is 19.8 Å². The number of allylic oxidation sites excluding steroid dienone is 1. The molecule has 0 aromatic heterocycles. The summed E-state index contributed by atoms with van der Waals surface area (Å²) in [5.74, 6) is -0.332. The topological polar surface area (TPSA) is 37.3 Å². The van der Waals surface area contributed by atoms with Crippen molar-refractivity contribution in [2.75, 3.05) is 0 Å². The monoisotopic (exact) mass is 140 g/mol. The van der Waals surface area contributed by atoms with Gasteiger partial charge in [0.2, 0.25) is 0 Å². The maximum atomic E-state index is 10.5. The Balaban J connectivity index is 2.48. The summed E-state index contributed by atoms with van der Waals surface area (Å²) < 4.78 is 0. The van der Waals surface area contributed by atoms with Crippen LogP contribution in [0.5, 0.6) is 0 Å². The standard InChI is InChI=1S/C8H12O2/c1-3-4-6-5-8(6,2)7(9)10/h3,6H,1,4-5H2,2H3,(H,9,10)/t6-,8-/m1/s1. The Kier molecular flexibility index (Phi) is 1.55. The molecule has 1 saturated carbocycles. The highest BCUT2D eigenvalue weighted by atomic mass is 16.4. The van der Waals surface area contributed by atoms with Crippen LogP contribution in [-0.4, -0.2) is 11.1 Å². The molecule has 0 saturated heterocycles. The molecule has 2 heteroatoms. The average Bonchev–Trinajstić information content (AvgIpc) is 2.45. The van der Waals surface area contributed by atoms with Crippen LogP contribution in [0, 0.1) is 11.3 Å². The van der Waals surface area contributed by atoms with Gasteiger partial charge in [-0.25, -0.2) is 0 Å². The number of carboxylic acids is 1. The highest BCUT2D eigenvalue weighted by Gasteiger charge is 2.55. The number of aliphatic carboxylic acids is 1. The van der Waals surface area contributed by atoms with Gasteiger partial charge in [0.25, 0.3) is 0 Å². The van der Waals surface area contributed by atoms with Crippen molar-refractivity contribution in [3.63, 3.8) is 0 Å². The molecule has 1 rings (SSSR count). The quantitative estimate of drug-likeness (QED) is 0.605. The fraction of sp³-hybridized carbons (Fsp3) is 0.625. The molecule has 0 bridgehead atoms. The van der Waals surface area contributed by atoms with Gasteiger partial charge in [0, 0.05) is 0 Å². The summed E-state index contributed by atoms with van der Waals surface area (Å²) in [6, 6.07) is 0. The average molecular weight is 140 g/mol. The largest absolute Gasteiger partial charge is 0.481 e. The van der Waals surface area contributed by atoms with E-state index in [1.54, 1.807) is 13.0 Å². The molecular formula is C8H12O2. The molecule has 0 radical (unpaired) electrons. The molecule has 1 N–H and O–H groups in total. The second kappa shape index (κ2) is 2.11. The van der Waals surface area contributed by atoms with E-state index in [1.165, 1.54) is 0 Å². The van der Waals surface area contributed by atoms with E-state index in [0.717, 1.165) is 12.8 Å². The van der Waals surface area contributed by atoms with E-state index in [2.05, 4.69) is 6.58 Å². The van der Waals surface area contributed by atoms with Gasteiger partial charge in [0.15, 0.2) is 0 Å². The van der Waals surface area contributed by atoms with E-state index in [1.807, 2.05) is 0 Å². The summed E-state index contributed by atoms with van der Waals surface area (Å²) >= 11 is 0. The lowest BCUT2D eigenvalue weighted by Crippen LogP contribution is -2.12. The summed E-state index contributed by atoms with van der Waals surface area (Å²) in [4.78, 5) is 10.5. The third kappa shape index (κ3) is 0.939. The van der Waals surface area contributed by atoms with Gasteiger partial charge in [-0.05, 0) is 25.7 Å². The maximum absolute atomic E-state index is 10.5. The first kappa shape index (κ1) is 7.32. The van der Waals surface area contributed by atoms with Crippen LogP contribution >= 0.6 is 0 Å². The third-order valence-electron chi connectivity index (χ3n) is 2.35. The molecule has 2 nitrogen and oxygen atoms in total. The highest BCUT2D eigenvalue weighted by molar-refractivity contribution is 5.78. The third-order valence-corrected chi connectivity index (χ3v) is 2.35. The van der Waals surface area contributed by atoms with Crippen molar-refractivity contribution in [3.05, 3.63) is 12.7 Å². The van der Waals surface area contributed by atoms with Gasteiger partial charge in [0.05, 0.1) is 5.41 Å². The molecule has 0 unspecified atom stereocenters. The Morgan fingerprint density at radius 3 is 2.90 bits per heavy atom. The van der Waals surface area contributed by atoms with Crippen LogP contribution in [0.15, 0.2) is 12.7 Å². The van der Waals surface area contributed by atoms with Crippen molar-refractivity contribution >= 4 is 5.97 Å². The number of carboxylic acid groups (broad SMARTS) is 1.